The first-order valence-electron chi connectivity index (χ1n) is 4.14. The highest BCUT2D eigenvalue weighted by Crippen LogP contribution is 2.24. The van der Waals surface area contributed by atoms with Gasteiger partial charge < -0.3 is 5.32 Å². The fourth-order valence-electron chi connectivity index (χ4n) is 1.12. The van der Waals surface area contributed by atoms with E-state index < -0.39 is 0 Å². The average Bonchev–Trinajstić information content (AvgIpc) is 2.69. The maximum atomic E-state index is 11.0. The summed E-state index contributed by atoms with van der Waals surface area (Å²) in [5, 5.41) is 16.7. The van der Waals surface area contributed by atoms with E-state index in [1.807, 2.05) is 0 Å². The van der Waals surface area contributed by atoms with Gasteiger partial charge in [0.2, 0.25) is 16.5 Å². The monoisotopic (exact) mass is 220 g/mol. The SMILES string of the molecule is CC(=O)Nc1c(N=[N+]=N)ncn2nnnc12. The lowest BCUT2D eigenvalue weighted by Gasteiger charge is -2.01. The van der Waals surface area contributed by atoms with Crippen LogP contribution in [0.2, 0.25) is 0 Å². The lowest BCUT2D eigenvalue weighted by molar-refractivity contribution is -0.114. The molecule has 2 heterocycles. The highest BCUT2D eigenvalue weighted by molar-refractivity contribution is 5.95. The topological polar surface area (TPSA) is 135 Å². The van der Waals surface area contributed by atoms with Gasteiger partial charge in [0.05, 0.1) is 0 Å². The molecule has 80 valence electrons. The summed E-state index contributed by atoms with van der Waals surface area (Å²) in [6.45, 7) is 1.33. The molecule has 0 bridgehead atoms. The van der Waals surface area contributed by atoms with Crippen molar-refractivity contribution in [2.24, 2.45) is 5.11 Å². The summed E-state index contributed by atoms with van der Waals surface area (Å²) in [4.78, 5) is 17.7. The van der Waals surface area contributed by atoms with Gasteiger partial charge in [0, 0.05) is 6.92 Å². The lowest BCUT2D eigenvalue weighted by atomic mass is 10.4. The van der Waals surface area contributed by atoms with E-state index in [0.29, 0.717) is 0 Å². The van der Waals surface area contributed by atoms with Gasteiger partial charge in [-0.2, -0.15) is 4.52 Å². The Bertz CT molecular complexity index is 595. The van der Waals surface area contributed by atoms with Gasteiger partial charge in [-0.05, 0) is 10.4 Å². The van der Waals surface area contributed by atoms with E-state index in [1.165, 1.54) is 17.8 Å². The number of hydrogen-bond acceptors (Lipinski definition) is 7. The molecule has 2 N–H and O–H groups in total. The van der Waals surface area contributed by atoms with E-state index in [4.69, 9.17) is 5.53 Å². The Balaban J connectivity index is 2.69. The zero-order chi connectivity index (χ0) is 11.5. The van der Waals surface area contributed by atoms with Gasteiger partial charge in [-0.1, -0.05) is 0 Å². The third-order valence-corrected chi connectivity index (χ3v) is 1.68. The number of amides is 1. The molecule has 0 fully saturated rings. The number of fused-ring (bicyclic) bond motifs is 1. The fraction of sp³-hybridized carbons (Fsp3) is 0.167. The normalized spacial score (nSPS) is 9.81. The first-order valence-corrected chi connectivity index (χ1v) is 4.14. The van der Waals surface area contributed by atoms with Crippen molar-refractivity contribution in [1.29, 1.82) is 5.53 Å². The number of tetrazole rings is 1. The number of carbonyl (C=O) groups excluding carboxylic acids is 1. The van der Waals surface area contributed by atoms with Gasteiger partial charge in [0.15, 0.2) is 5.11 Å². The number of nitrogens with zero attached hydrogens (tertiary/aromatic N) is 7. The Kier molecular flexibility index (Phi) is 2.32. The van der Waals surface area contributed by atoms with E-state index >= 15 is 0 Å². The standard InChI is InChI=1S/C6H5N9O/c1-3(16)9-4-5(10-12-7)8-2-15-6(4)11-13-14-15/h2,7H,1H3/p+1. The number of hydrogen-bond donors (Lipinski definition) is 2. The maximum absolute atomic E-state index is 11.0. The van der Waals surface area contributed by atoms with Crippen molar-refractivity contribution in [3.05, 3.63) is 6.33 Å². The average molecular weight is 220 g/mol. The summed E-state index contributed by atoms with van der Waals surface area (Å²) in [6, 6.07) is 0. The minimum absolute atomic E-state index is 0.0764. The Morgan fingerprint density at radius 2 is 2.50 bits per heavy atom. The lowest BCUT2D eigenvalue weighted by Crippen LogP contribution is -2.08. The van der Waals surface area contributed by atoms with Crippen molar-refractivity contribution < 1.29 is 4.79 Å². The van der Waals surface area contributed by atoms with Crippen LogP contribution < -0.4 is 10.2 Å². The second-order valence-corrected chi connectivity index (χ2v) is 2.77. The summed E-state index contributed by atoms with van der Waals surface area (Å²) in [6.07, 6.45) is 1.31. The molecule has 0 saturated heterocycles. The molecule has 0 saturated carbocycles. The van der Waals surface area contributed by atoms with E-state index in [2.05, 4.69) is 35.9 Å². The second-order valence-electron chi connectivity index (χ2n) is 2.77. The van der Waals surface area contributed by atoms with Crippen LogP contribution in [-0.4, -0.2) is 30.9 Å². The van der Waals surface area contributed by atoms with Crippen molar-refractivity contribution in [3.63, 3.8) is 0 Å². The summed E-state index contributed by atoms with van der Waals surface area (Å²) >= 11 is 0. The number of rotatable bonds is 2. The summed E-state index contributed by atoms with van der Waals surface area (Å²) in [5.41, 5.74) is 7.14. The minimum atomic E-state index is -0.320. The van der Waals surface area contributed by atoms with Crippen molar-refractivity contribution in [2.45, 2.75) is 6.92 Å². The van der Waals surface area contributed by atoms with Crippen LogP contribution in [0.25, 0.3) is 5.65 Å². The van der Waals surface area contributed by atoms with Gasteiger partial charge in [-0.25, -0.2) is 4.98 Å². The summed E-state index contributed by atoms with van der Waals surface area (Å²) in [7, 11) is 0. The van der Waals surface area contributed by atoms with Crippen LogP contribution >= 0.6 is 0 Å². The van der Waals surface area contributed by atoms with Gasteiger partial charge in [-0.15, -0.1) is 5.10 Å². The van der Waals surface area contributed by atoms with Crippen LogP contribution in [0.1, 0.15) is 6.92 Å². The number of carbonyl (C=O) groups is 1. The predicted octanol–water partition coefficient (Wildman–Crippen LogP) is -0.340. The molecule has 0 aromatic carbocycles. The molecule has 1 amide bonds. The molecule has 0 aliphatic carbocycles. The van der Waals surface area contributed by atoms with E-state index in [-0.39, 0.29) is 23.1 Å². The number of anilines is 1. The maximum Gasteiger partial charge on any atom is 0.270 e. The highest BCUT2D eigenvalue weighted by Gasteiger charge is 2.16. The molecular formula is C6H6N9O+. The first-order chi connectivity index (χ1) is 7.72. The predicted molar refractivity (Wildman–Crippen MR) is 49.8 cm³/mol. The van der Waals surface area contributed by atoms with Crippen LogP contribution in [0.15, 0.2) is 11.4 Å². The van der Waals surface area contributed by atoms with Crippen LogP contribution in [0.3, 0.4) is 0 Å². The third-order valence-electron chi connectivity index (χ3n) is 1.68. The zero-order valence-electron chi connectivity index (χ0n) is 8.12. The Morgan fingerprint density at radius 3 is 3.19 bits per heavy atom. The summed E-state index contributed by atoms with van der Waals surface area (Å²) < 4.78 is 1.27. The molecule has 0 radical (unpaired) electrons. The summed E-state index contributed by atoms with van der Waals surface area (Å²) in [5.74, 6) is -0.244. The molecule has 2 aromatic rings. The van der Waals surface area contributed by atoms with Crippen LogP contribution in [-0.2, 0) is 4.79 Å². The van der Waals surface area contributed by atoms with Gasteiger partial charge in [0.1, 0.15) is 17.5 Å². The Hall–Kier alpha value is -2.74. The third kappa shape index (κ3) is 1.60. The van der Waals surface area contributed by atoms with Crippen LogP contribution in [0.5, 0.6) is 0 Å². The van der Waals surface area contributed by atoms with Crippen molar-refractivity contribution in [1.82, 2.24) is 29.9 Å². The minimum Gasteiger partial charge on any atom is -0.320 e. The first kappa shape index (κ1) is 9.80. The smallest absolute Gasteiger partial charge is 0.270 e. The molecule has 10 heteroatoms. The van der Waals surface area contributed by atoms with Crippen molar-refractivity contribution >= 4 is 23.1 Å². The molecule has 16 heavy (non-hydrogen) atoms. The molecule has 0 aliphatic rings. The molecule has 2 aromatic heterocycles. The second kappa shape index (κ2) is 3.79. The quantitative estimate of drug-likeness (QED) is 0.527. The van der Waals surface area contributed by atoms with E-state index in [0.717, 1.165) is 0 Å². The molecule has 2 rings (SSSR count). The highest BCUT2D eigenvalue weighted by atomic mass is 16.1. The van der Waals surface area contributed by atoms with Gasteiger partial charge in [0.25, 0.3) is 5.82 Å². The zero-order valence-corrected chi connectivity index (χ0v) is 8.12. The molecule has 10 nitrogen and oxygen atoms in total. The van der Waals surface area contributed by atoms with E-state index in [9.17, 15) is 4.79 Å². The van der Waals surface area contributed by atoms with Gasteiger partial charge >= 0.3 is 0 Å². The molecular weight excluding hydrogens is 214 g/mol. The van der Waals surface area contributed by atoms with Crippen LogP contribution in [0.4, 0.5) is 11.5 Å². The molecule has 0 spiro atoms. The fourth-order valence-corrected chi connectivity index (χ4v) is 1.12. The molecule has 0 atom stereocenters. The van der Waals surface area contributed by atoms with Crippen molar-refractivity contribution in [3.8, 4) is 0 Å². The number of aromatic nitrogens is 5. The molecule has 0 unspecified atom stereocenters. The Morgan fingerprint density at radius 1 is 1.69 bits per heavy atom. The van der Waals surface area contributed by atoms with Crippen LogP contribution in [0, 0.1) is 5.53 Å². The largest absolute Gasteiger partial charge is 0.320 e. The Labute approximate surface area is 87.9 Å². The van der Waals surface area contributed by atoms with Crippen molar-refractivity contribution in [2.75, 3.05) is 5.32 Å². The van der Waals surface area contributed by atoms with Gasteiger partial charge in [-0.3, -0.25) is 4.79 Å². The molecule has 0 aliphatic heterocycles. The number of nitrogens with one attached hydrogen (secondary N) is 2. The van der Waals surface area contributed by atoms with E-state index in [1.54, 1.807) is 0 Å².